The van der Waals surface area contributed by atoms with E-state index in [0.717, 1.165) is 0 Å². The number of amides is 1. The van der Waals surface area contributed by atoms with Crippen LogP contribution in [0.15, 0.2) is 30.3 Å². The average Bonchev–Trinajstić information content (AvgIpc) is 2.45. The molecule has 0 saturated carbocycles. The topological polar surface area (TPSA) is 105 Å². The molecule has 0 spiro atoms. The van der Waals surface area contributed by atoms with Crippen LogP contribution in [0.3, 0.4) is 0 Å². The van der Waals surface area contributed by atoms with Crippen molar-refractivity contribution in [1.29, 1.82) is 0 Å². The van der Waals surface area contributed by atoms with Gasteiger partial charge in [-0.25, -0.2) is 9.59 Å². The zero-order chi connectivity index (χ0) is 18.4. The first-order chi connectivity index (χ1) is 11.1. The third-order valence-electron chi connectivity index (χ3n) is 3.00. The average molecular weight is 336 g/mol. The molecule has 1 N–H and O–H groups in total. The molecule has 1 atom stereocenters. The molecule has 0 bridgehead atoms. The number of carboxylic acids is 1. The number of esters is 1. The van der Waals surface area contributed by atoms with Crippen molar-refractivity contribution in [2.75, 3.05) is 6.61 Å². The maximum absolute atomic E-state index is 12.3. The quantitative estimate of drug-likeness (QED) is 0.609. The summed E-state index contributed by atoms with van der Waals surface area (Å²) in [6.07, 6.45) is -1.37. The minimum Gasteiger partial charge on any atom is -0.547 e. The smallest absolute Gasteiger partial charge is 0.408 e. The molecule has 0 fully saturated rings. The second-order valence-corrected chi connectivity index (χ2v) is 6.20. The van der Waals surface area contributed by atoms with Crippen LogP contribution < -0.4 is 10.4 Å². The summed E-state index contributed by atoms with van der Waals surface area (Å²) in [6.45, 7) is 6.35. The van der Waals surface area contributed by atoms with Crippen LogP contribution in [-0.4, -0.2) is 35.8 Å². The standard InChI is InChI=1S/C17H23NO6/c1-5-23-14(21)17(13(19)20,11-12-9-7-6-8-10-12)18-15(22)24-16(2,3)4/h6-10H,5,11H2,1-4H3,(H,18,22)(H,19,20)/p-1. The number of alkyl carbamates (subject to hydrolysis) is 1. The highest BCUT2D eigenvalue weighted by Gasteiger charge is 2.44. The Bertz CT molecular complexity index is 593. The third kappa shape index (κ3) is 5.26. The lowest BCUT2D eigenvalue weighted by Gasteiger charge is -2.34. The second-order valence-electron chi connectivity index (χ2n) is 6.20. The van der Waals surface area contributed by atoms with Crippen LogP contribution in [0, 0.1) is 0 Å². The zero-order valence-corrected chi connectivity index (χ0v) is 14.3. The van der Waals surface area contributed by atoms with Crippen LogP contribution in [-0.2, 0) is 25.5 Å². The van der Waals surface area contributed by atoms with Crippen molar-refractivity contribution < 1.29 is 29.0 Å². The van der Waals surface area contributed by atoms with E-state index in [1.807, 2.05) is 0 Å². The summed E-state index contributed by atoms with van der Waals surface area (Å²) in [5.74, 6) is -2.88. The predicted molar refractivity (Wildman–Crippen MR) is 83.9 cm³/mol. The van der Waals surface area contributed by atoms with Gasteiger partial charge < -0.3 is 19.4 Å². The van der Waals surface area contributed by atoms with Gasteiger partial charge in [0.2, 0.25) is 0 Å². The van der Waals surface area contributed by atoms with E-state index in [1.165, 1.54) is 6.92 Å². The van der Waals surface area contributed by atoms with Gasteiger partial charge in [-0.3, -0.25) is 5.32 Å². The molecule has 7 nitrogen and oxygen atoms in total. The van der Waals surface area contributed by atoms with Crippen molar-refractivity contribution in [3.05, 3.63) is 35.9 Å². The molecule has 0 aromatic heterocycles. The number of carbonyl (C=O) groups is 3. The summed E-state index contributed by atoms with van der Waals surface area (Å²) in [5.41, 5.74) is -2.71. The fourth-order valence-corrected chi connectivity index (χ4v) is 2.01. The molecule has 1 amide bonds. The molecular weight excluding hydrogens is 314 g/mol. The minimum atomic E-state index is -2.38. The lowest BCUT2D eigenvalue weighted by Crippen LogP contribution is -2.67. The van der Waals surface area contributed by atoms with Gasteiger partial charge >= 0.3 is 12.1 Å². The van der Waals surface area contributed by atoms with Crippen LogP contribution >= 0.6 is 0 Å². The molecule has 0 radical (unpaired) electrons. The van der Waals surface area contributed by atoms with Gasteiger partial charge in [0.15, 0.2) is 5.54 Å². The Morgan fingerprint density at radius 1 is 1.12 bits per heavy atom. The molecule has 1 unspecified atom stereocenters. The third-order valence-corrected chi connectivity index (χ3v) is 3.00. The van der Waals surface area contributed by atoms with E-state index in [2.05, 4.69) is 5.32 Å². The zero-order valence-electron chi connectivity index (χ0n) is 14.3. The van der Waals surface area contributed by atoms with E-state index >= 15 is 0 Å². The van der Waals surface area contributed by atoms with Crippen molar-refractivity contribution in [2.24, 2.45) is 0 Å². The normalized spacial score (nSPS) is 13.5. The number of benzene rings is 1. The highest BCUT2D eigenvalue weighted by atomic mass is 16.6. The maximum Gasteiger partial charge on any atom is 0.408 e. The summed E-state index contributed by atoms with van der Waals surface area (Å²) >= 11 is 0. The van der Waals surface area contributed by atoms with Crippen LogP contribution in [0.25, 0.3) is 0 Å². The molecule has 0 aliphatic heterocycles. The monoisotopic (exact) mass is 336 g/mol. The first-order valence-corrected chi connectivity index (χ1v) is 7.54. The van der Waals surface area contributed by atoms with Crippen molar-refractivity contribution in [3.63, 3.8) is 0 Å². The maximum atomic E-state index is 12.3. The van der Waals surface area contributed by atoms with Gasteiger partial charge in [0.25, 0.3) is 0 Å². The summed E-state index contributed by atoms with van der Waals surface area (Å²) in [5, 5.41) is 13.9. The number of aliphatic carboxylic acids is 1. The van der Waals surface area contributed by atoms with Crippen molar-refractivity contribution >= 4 is 18.0 Å². The number of hydrogen-bond donors (Lipinski definition) is 1. The summed E-state index contributed by atoms with van der Waals surface area (Å²) in [7, 11) is 0. The molecule has 0 saturated heterocycles. The van der Waals surface area contributed by atoms with Crippen molar-refractivity contribution in [3.8, 4) is 0 Å². The first-order valence-electron chi connectivity index (χ1n) is 7.54. The molecule has 1 aromatic rings. The molecule has 0 aliphatic rings. The van der Waals surface area contributed by atoms with E-state index in [-0.39, 0.29) is 13.0 Å². The molecule has 1 rings (SSSR count). The van der Waals surface area contributed by atoms with Crippen molar-refractivity contribution in [1.82, 2.24) is 5.32 Å². The van der Waals surface area contributed by atoms with E-state index in [1.54, 1.807) is 51.1 Å². The Balaban J connectivity index is 3.19. The van der Waals surface area contributed by atoms with Crippen LogP contribution in [0.2, 0.25) is 0 Å². The molecule has 7 heteroatoms. The van der Waals surface area contributed by atoms with Gasteiger partial charge in [0, 0.05) is 6.42 Å². The lowest BCUT2D eigenvalue weighted by atomic mass is 9.90. The fraction of sp³-hybridized carbons (Fsp3) is 0.471. The number of nitrogens with one attached hydrogen (secondary N) is 1. The van der Waals surface area contributed by atoms with Crippen LogP contribution in [0.1, 0.15) is 33.3 Å². The van der Waals surface area contributed by atoms with Gasteiger partial charge in [0.1, 0.15) is 5.60 Å². The highest BCUT2D eigenvalue weighted by Crippen LogP contribution is 2.17. The molecule has 0 heterocycles. The van der Waals surface area contributed by atoms with Gasteiger partial charge in [0.05, 0.1) is 12.6 Å². The Labute approximate surface area is 141 Å². The number of rotatable bonds is 6. The van der Waals surface area contributed by atoms with E-state index in [4.69, 9.17) is 9.47 Å². The van der Waals surface area contributed by atoms with Gasteiger partial charge in [-0.2, -0.15) is 0 Å². The number of carboxylic acid groups (broad SMARTS) is 1. The number of hydrogen-bond acceptors (Lipinski definition) is 6. The predicted octanol–water partition coefficient (Wildman–Crippen LogP) is 0.806. The Kier molecular flexibility index (Phi) is 6.34. The molecule has 0 aliphatic carbocycles. The van der Waals surface area contributed by atoms with Gasteiger partial charge in [-0.05, 0) is 33.3 Å². The summed E-state index contributed by atoms with van der Waals surface area (Å²) < 4.78 is 9.90. The first kappa shape index (κ1) is 19.5. The number of ether oxygens (including phenoxy) is 2. The van der Waals surface area contributed by atoms with Gasteiger partial charge in [-0.1, -0.05) is 30.3 Å². The highest BCUT2D eigenvalue weighted by molar-refractivity contribution is 6.06. The number of carbonyl (C=O) groups excluding carboxylic acids is 3. The lowest BCUT2D eigenvalue weighted by molar-refractivity contribution is -0.313. The fourth-order valence-electron chi connectivity index (χ4n) is 2.01. The second kappa shape index (κ2) is 7.81. The largest absolute Gasteiger partial charge is 0.547 e. The Hall–Kier alpha value is -2.57. The minimum absolute atomic E-state index is 0.0430. The summed E-state index contributed by atoms with van der Waals surface area (Å²) in [4.78, 5) is 36.1. The van der Waals surface area contributed by atoms with E-state index in [9.17, 15) is 19.5 Å². The van der Waals surface area contributed by atoms with Gasteiger partial charge in [-0.15, -0.1) is 0 Å². The SMILES string of the molecule is CCOC(=O)C(Cc1ccccc1)(NC(=O)OC(C)(C)C)C(=O)[O-]. The van der Waals surface area contributed by atoms with Crippen LogP contribution in [0.4, 0.5) is 4.79 Å². The van der Waals surface area contributed by atoms with Crippen LogP contribution in [0.5, 0.6) is 0 Å². The van der Waals surface area contributed by atoms with Crippen molar-refractivity contribution in [2.45, 2.75) is 45.3 Å². The summed E-state index contributed by atoms with van der Waals surface area (Å²) in [6, 6.07) is 8.39. The molecule has 24 heavy (non-hydrogen) atoms. The Morgan fingerprint density at radius 2 is 1.71 bits per heavy atom. The molecular formula is C17H22NO6-. The van der Waals surface area contributed by atoms with E-state index in [0.29, 0.717) is 5.56 Å². The molecule has 132 valence electrons. The molecule has 1 aromatic carbocycles. The van der Waals surface area contributed by atoms with E-state index < -0.39 is 29.2 Å². The Morgan fingerprint density at radius 3 is 2.17 bits per heavy atom.